The van der Waals surface area contributed by atoms with Gasteiger partial charge < -0.3 is 10.6 Å². The minimum atomic E-state index is -0.481. The molecular weight excluding hydrogens is 236 g/mol. The van der Waals surface area contributed by atoms with Crippen molar-refractivity contribution in [3.8, 4) is 0 Å². The Morgan fingerprint density at radius 3 is 2.37 bits per heavy atom. The Kier molecular flexibility index (Phi) is 3.83. The van der Waals surface area contributed by atoms with E-state index in [9.17, 15) is 4.79 Å². The van der Waals surface area contributed by atoms with E-state index in [-0.39, 0.29) is 5.91 Å². The van der Waals surface area contributed by atoms with Gasteiger partial charge in [0.2, 0.25) is 5.91 Å². The lowest BCUT2D eigenvalue weighted by Crippen LogP contribution is -2.45. The number of nitrogens with two attached hydrogens (primary N) is 1. The zero-order valence-corrected chi connectivity index (χ0v) is 12.1. The second-order valence-electron chi connectivity index (χ2n) is 5.98. The Morgan fingerprint density at radius 1 is 1.32 bits per heavy atom. The molecule has 2 rings (SSSR count). The molecule has 3 heteroatoms. The van der Waals surface area contributed by atoms with E-state index in [1.807, 2.05) is 38.1 Å². The van der Waals surface area contributed by atoms with Crippen molar-refractivity contribution >= 4 is 11.6 Å². The van der Waals surface area contributed by atoms with Crippen molar-refractivity contribution < 1.29 is 4.79 Å². The molecule has 0 unspecified atom stereocenters. The molecule has 104 valence electrons. The molecule has 1 saturated carbocycles. The summed E-state index contributed by atoms with van der Waals surface area (Å²) in [4.78, 5) is 14.9. The van der Waals surface area contributed by atoms with Crippen LogP contribution in [0.15, 0.2) is 24.3 Å². The number of hydrogen-bond acceptors (Lipinski definition) is 2. The maximum Gasteiger partial charge on any atom is 0.232 e. The van der Waals surface area contributed by atoms with E-state index in [1.54, 1.807) is 0 Å². The van der Waals surface area contributed by atoms with Crippen molar-refractivity contribution in [2.75, 3.05) is 12.3 Å². The number of rotatable bonds is 5. The van der Waals surface area contributed by atoms with Crippen molar-refractivity contribution in [3.05, 3.63) is 29.8 Å². The maximum atomic E-state index is 12.8. The minimum Gasteiger partial charge on any atom is -0.399 e. The Morgan fingerprint density at radius 2 is 1.89 bits per heavy atom. The summed E-state index contributed by atoms with van der Waals surface area (Å²) >= 11 is 0. The third kappa shape index (κ3) is 2.91. The Labute approximate surface area is 115 Å². The van der Waals surface area contributed by atoms with Crippen LogP contribution in [0.5, 0.6) is 0 Å². The highest BCUT2D eigenvalue weighted by atomic mass is 16.2. The molecule has 0 radical (unpaired) electrons. The number of anilines is 1. The average molecular weight is 260 g/mol. The molecule has 0 atom stereocenters. The van der Waals surface area contributed by atoms with Crippen LogP contribution in [-0.4, -0.2) is 23.4 Å². The van der Waals surface area contributed by atoms with Gasteiger partial charge in [-0.05, 0) is 50.8 Å². The number of carbonyl (C=O) groups excluding carboxylic acids is 1. The van der Waals surface area contributed by atoms with Crippen molar-refractivity contribution in [1.29, 1.82) is 0 Å². The number of amides is 1. The molecule has 1 aromatic carbocycles. The minimum absolute atomic E-state index is 0.238. The first-order valence-corrected chi connectivity index (χ1v) is 7.14. The van der Waals surface area contributed by atoms with Gasteiger partial charge >= 0.3 is 0 Å². The van der Waals surface area contributed by atoms with Crippen molar-refractivity contribution in [2.24, 2.45) is 0 Å². The normalized spacial score (nSPS) is 15.3. The second-order valence-corrected chi connectivity index (χ2v) is 5.98. The third-order valence-corrected chi connectivity index (χ3v) is 3.88. The van der Waals surface area contributed by atoms with Crippen molar-refractivity contribution in [2.45, 2.75) is 51.5 Å². The number of benzene rings is 1. The zero-order chi connectivity index (χ0) is 14.0. The van der Waals surface area contributed by atoms with E-state index in [0.29, 0.717) is 6.04 Å². The highest BCUT2D eigenvalue weighted by Crippen LogP contribution is 2.33. The smallest absolute Gasteiger partial charge is 0.232 e. The summed E-state index contributed by atoms with van der Waals surface area (Å²) in [5.74, 6) is 0.238. The van der Waals surface area contributed by atoms with Gasteiger partial charge in [-0.2, -0.15) is 0 Å². The van der Waals surface area contributed by atoms with Gasteiger partial charge in [0.1, 0.15) is 0 Å². The molecule has 0 aromatic heterocycles. The van der Waals surface area contributed by atoms with Crippen LogP contribution in [0.4, 0.5) is 5.69 Å². The van der Waals surface area contributed by atoms with Crippen molar-refractivity contribution in [3.63, 3.8) is 0 Å². The van der Waals surface area contributed by atoms with Crippen LogP contribution in [0.3, 0.4) is 0 Å². The van der Waals surface area contributed by atoms with Crippen LogP contribution < -0.4 is 5.73 Å². The zero-order valence-electron chi connectivity index (χ0n) is 12.1. The third-order valence-electron chi connectivity index (χ3n) is 3.88. The number of carbonyl (C=O) groups is 1. The molecule has 1 aromatic rings. The molecule has 0 heterocycles. The molecule has 1 fully saturated rings. The van der Waals surface area contributed by atoms with Gasteiger partial charge in [0.25, 0.3) is 0 Å². The number of hydrogen-bond donors (Lipinski definition) is 1. The molecule has 0 saturated heterocycles. The summed E-state index contributed by atoms with van der Waals surface area (Å²) in [5.41, 5.74) is 7.01. The van der Waals surface area contributed by atoms with Crippen LogP contribution in [-0.2, 0) is 10.2 Å². The van der Waals surface area contributed by atoms with E-state index < -0.39 is 5.41 Å². The molecule has 2 N–H and O–H groups in total. The second kappa shape index (κ2) is 5.24. The molecule has 1 aliphatic carbocycles. The van der Waals surface area contributed by atoms with E-state index in [4.69, 9.17) is 5.73 Å². The van der Waals surface area contributed by atoms with Crippen molar-refractivity contribution in [1.82, 2.24) is 4.90 Å². The topological polar surface area (TPSA) is 46.3 Å². The molecule has 3 nitrogen and oxygen atoms in total. The van der Waals surface area contributed by atoms with E-state index >= 15 is 0 Å². The summed E-state index contributed by atoms with van der Waals surface area (Å²) < 4.78 is 0. The van der Waals surface area contributed by atoms with Crippen LogP contribution in [0.1, 0.15) is 45.6 Å². The summed E-state index contributed by atoms with van der Waals surface area (Å²) in [7, 11) is 0. The first-order chi connectivity index (χ1) is 8.96. The molecule has 0 spiro atoms. The van der Waals surface area contributed by atoms with E-state index in [2.05, 4.69) is 11.8 Å². The standard InChI is InChI=1S/C16H24N2O/c1-4-11-18(14-9-10-14)15(19)16(2,3)12-5-7-13(17)8-6-12/h5-8,14H,4,9-11,17H2,1-3H3. The predicted octanol–water partition coefficient (Wildman–Crippen LogP) is 2.95. The highest BCUT2D eigenvalue weighted by molar-refractivity contribution is 5.88. The SMILES string of the molecule is CCCN(C(=O)C(C)(C)c1ccc(N)cc1)C1CC1. The molecule has 1 amide bonds. The molecule has 19 heavy (non-hydrogen) atoms. The van der Waals surface area contributed by atoms with E-state index in [0.717, 1.165) is 37.1 Å². The Bertz CT molecular complexity index is 446. The Balaban J connectivity index is 2.21. The average Bonchev–Trinajstić information content (AvgIpc) is 3.20. The fourth-order valence-electron chi connectivity index (χ4n) is 2.46. The highest BCUT2D eigenvalue weighted by Gasteiger charge is 2.39. The largest absolute Gasteiger partial charge is 0.399 e. The fraction of sp³-hybridized carbons (Fsp3) is 0.562. The van der Waals surface area contributed by atoms with Gasteiger partial charge in [0, 0.05) is 18.3 Å². The van der Waals surface area contributed by atoms with Crippen LogP contribution >= 0.6 is 0 Å². The fourth-order valence-corrected chi connectivity index (χ4v) is 2.46. The summed E-state index contributed by atoms with van der Waals surface area (Å²) in [6.07, 6.45) is 3.33. The summed E-state index contributed by atoms with van der Waals surface area (Å²) in [6, 6.07) is 8.13. The van der Waals surface area contributed by atoms with Gasteiger partial charge in [0.15, 0.2) is 0 Å². The molecule has 0 aliphatic heterocycles. The van der Waals surface area contributed by atoms with Crippen LogP contribution in [0, 0.1) is 0 Å². The quantitative estimate of drug-likeness (QED) is 0.827. The first kappa shape index (κ1) is 13.9. The lowest BCUT2D eigenvalue weighted by atomic mass is 9.83. The molecule has 1 aliphatic rings. The number of nitrogen functional groups attached to an aromatic ring is 1. The van der Waals surface area contributed by atoms with Gasteiger partial charge in [-0.3, -0.25) is 4.79 Å². The van der Waals surface area contributed by atoms with Gasteiger partial charge in [-0.15, -0.1) is 0 Å². The lowest BCUT2D eigenvalue weighted by Gasteiger charge is -2.32. The summed E-state index contributed by atoms with van der Waals surface area (Å²) in [6.45, 7) is 7.00. The van der Waals surface area contributed by atoms with Gasteiger partial charge in [0.05, 0.1) is 5.41 Å². The van der Waals surface area contributed by atoms with Gasteiger partial charge in [-0.1, -0.05) is 19.1 Å². The maximum absolute atomic E-state index is 12.8. The van der Waals surface area contributed by atoms with Crippen LogP contribution in [0.25, 0.3) is 0 Å². The predicted molar refractivity (Wildman–Crippen MR) is 78.9 cm³/mol. The molecular formula is C16H24N2O. The lowest BCUT2D eigenvalue weighted by molar-refractivity contribution is -0.136. The van der Waals surface area contributed by atoms with Gasteiger partial charge in [-0.25, -0.2) is 0 Å². The molecule has 0 bridgehead atoms. The summed E-state index contributed by atoms with van der Waals surface area (Å²) in [5, 5.41) is 0. The van der Waals surface area contributed by atoms with Crippen LogP contribution in [0.2, 0.25) is 0 Å². The number of nitrogens with zero attached hydrogens (tertiary/aromatic N) is 1. The monoisotopic (exact) mass is 260 g/mol. The van der Waals surface area contributed by atoms with E-state index in [1.165, 1.54) is 0 Å². The first-order valence-electron chi connectivity index (χ1n) is 7.14. The Hall–Kier alpha value is -1.51.